The third kappa shape index (κ3) is 3.79. The molecule has 0 spiro atoms. The molecule has 1 rings (SSSR count). The molecule has 0 radical (unpaired) electrons. The fourth-order valence-corrected chi connectivity index (χ4v) is 3.19. The molecule has 2 atom stereocenters. The summed E-state index contributed by atoms with van der Waals surface area (Å²) in [5.41, 5.74) is 6.06. The monoisotopic (exact) mass is 244 g/mol. The molecule has 1 heterocycles. The second kappa shape index (κ2) is 6.53. The second-order valence-corrected chi connectivity index (χ2v) is 5.76. The lowest BCUT2D eigenvalue weighted by atomic mass is 10.1. The average Bonchev–Trinajstić information content (AvgIpc) is 2.67. The number of nitrogens with two attached hydrogens (primary N) is 1. The quantitative estimate of drug-likeness (QED) is 0.833. The highest BCUT2D eigenvalue weighted by Gasteiger charge is 2.21. The minimum absolute atomic E-state index is 0.176. The molecule has 0 bridgehead atoms. The summed E-state index contributed by atoms with van der Waals surface area (Å²) in [5.74, 6) is 1.16. The van der Waals surface area contributed by atoms with E-state index in [1.165, 1.54) is 4.88 Å². The number of thiophene rings is 1. The lowest BCUT2D eigenvalue weighted by molar-refractivity contribution is 0.235. The maximum absolute atomic E-state index is 6.06. The zero-order chi connectivity index (χ0) is 11.3. The molecule has 86 valence electrons. The van der Waals surface area contributed by atoms with E-state index in [9.17, 15) is 0 Å². The van der Waals surface area contributed by atoms with E-state index >= 15 is 0 Å². The van der Waals surface area contributed by atoms with Gasteiger partial charge < -0.3 is 5.73 Å². The van der Waals surface area contributed by atoms with Gasteiger partial charge in [-0.05, 0) is 31.7 Å². The van der Waals surface area contributed by atoms with Gasteiger partial charge in [-0.3, -0.25) is 4.90 Å². The Morgan fingerprint density at radius 1 is 1.60 bits per heavy atom. The predicted molar refractivity (Wildman–Crippen MR) is 71.7 cm³/mol. The van der Waals surface area contributed by atoms with E-state index in [-0.39, 0.29) is 6.04 Å². The van der Waals surface area contributed by atoms with Gasteiger partial charge in [0.1, 0.15) is 0 Å². The summed E-state index contributed by atoms with van der Waals surface area (Å²) in [4.78, 5) is 3.72. The molecule has 15 heavy (non-hydrogen) atoms. The van der Waals surface area contributed by atoms with E-state index in [1.54, 1.807) is 11.3 Å². The van der Waals surface area contributed by atoms with Crippen molar-refractivity contribution in [2.75, 3.05) is 25.6 Å². The van der Waals surface area contributed by atoms with Crippen LogP contribution in [0.25, 0.3) is 0 Å². The molecule has 1 aromatic heterocycles. The van der Waals surface area contributed by atoms with Crippen molar-refractivity contribution in [2.24, 2.45) is 5.73 Å². The van der Waals surface area contributed by atoms with E-state index in [4.69, 9.17) is 5.73 Å². The van der Waals surface area contributed by atoms with Gasteiger partial charge in [0.05, 0.1) is 6.04 Å². The van der Waals surface area contributed by atoms with Crippen LogP contribution in [0.4, 0.5) is 0 Å². The molecule has 2 nitrogen and oxygen atoms in total. The van der Waals surface area contributed by atoms with Crippen LogP contribution in [0.5, 0.6) is 0 Å². The summed E-state index contributed by atoms with van der Waals surface area (Å²) in [5, 5.41) is 2.12. The lowest BCUT2D eigenvalue weighted by Gasteiger charge is -2.30. The van der Waals surface area contributed by atoms with Crippen LogP contribution in [0.15, 0.2) is 17.5 Å². The van der Waals surface area contributed by atoms with Crippen molar-refractivity contribution in [1.29, 1.82) is 0 Å². The van der Waals surface area contributed by atoms with Gasteiger partial charge in [0.15, 0.2) is 0 Å². The summed E-state index contributed by atoms with van der Waals surface area (Å²) >= 11 is 3.67. The lowest BCUT2D eigenvalue weighted by Crippen LogP contribution is -2.37. The molecule has 0 saturated heterocycles. The Balaban J connectivity index is 2.66. The Morgan fingerprint density at radius 2 is 2.33 bits per heavy atom. The number of thioether (sulfide) groups is 1. The molecule has 0 aliphatic rings. The van der Waals surface area contributed by atoms with E-state index in [0.717, 1.165) is 12.3 Å². The van der Waals surface area contributed by atoms with Crippen LogP contribution >= 0.6 is 23.1 Å². The summed E-state index contributed by atoms with van der Waals surface area (Å²) in [6.45, 7) is 3.17. The Kier molecular flexibility index (Phi) is 5.68. The summed E-state index contributed by atoms with van der Waals surface area (Å²) in [6, 6.07) is 4.80. The largest absolute Gasteiger partial charge is 0.326 e. The fourth-order valence-electron chi connectivity index (χ4n) is 1.71. The van der Waals surface area contributed by atoms with E-state index in [1.807, 2.05) is 11.8 Å². The molecule has 0 saturated carbocycles. The summed E-state index contributed by atoms with van der Waals surface area (Å²) in [6.07, 6.45) is 2.14. The molecule has 0 aliphatic heterocycles. The minimum Gasteiger partial charge on any atom is -0.326 e. The van der Waals surface area contributed by atoms with Gasteiger partial charge in [-0.1, -0.05) is 6.07 Å². The number of hydrogen-bond acceptors (Lipinski definition) is 4. The number of nitrogens with zero attached hydrogens (tertiary/aromatic N) is 1. The first-order valence-electron chi connectivity index (χ1n) is 5.15. The van der Waals surface area contributed by atoms with Crippen molar-refractivity contribution in [3.05, 3.63) is 22.4 Å². The van der Waals surface area contributed by atoms with Crippen molar-refractivity contribution < 1.29 is 0 Å². The van der Waals surface area contributed by atoms with Crippen LogP contribution in [0.3, 0.4) is 0 Å². The van der Waals surface area contributed by atoms with Crippen molar-refractivity contribution in [3.8, 4) is 0 Å². The van der Waals surface area contributed by atoms with Crippen molar-refractivity contribution in [2.45, 2.75) is 19.0 Å². The Labute approximate surface area is 101 Å². The normalized spacial score (nSPS) is 15.5. The van der Waals surface area contributed by atoms with Gasteiger partial charge in [-0.25, -0.2) is 0 Å². The van der Waals surface area contributed by atoms with Crippen LogP contribution in [-0.2, 0) is 0 Å². The van der Waals surface area contributed by atoms with Gasteiger partial charge in [-0.2, -0.15) is 11.8 Å². The highest BCUT2D eigenvalue weighted by molar-refractivity contribution is 7.98. The van der Waals surface area contributed by atoms with Gasteiger partial charge in [0, 0.05) is 23.2 Å². The summed E-state index contributed by atoms with van der Waals surface area (Å²) in [7, 11) is 2.16. The molecular weight excluding hydrogens is 224 g/mol. The SMILES string of the molecule is CSCCN(C)C(c1cccs1)C(C)N. The van der Waals surface area contributed by atoms with E-state index in [0.29, 0.717) is 6.04 Å². The molecule has 4 heteroatoms. The van der Waals surface area contributed by atoms with Crippen molar-refractivity contribution in [3.63, 3.8) is 0 Å². The van der Waals surface area contributed by atoms with Crippen molar-refractivity contribution >= 4 is 23.1 Å². The zero-order valence-electron chi connectivity index (χ0n) is 9.64. The molecular formula is C11H20N2S2. The molecule has 1 aromatic rings. The van der Waals surface area contributed by atoms with Crippen LogP contribution < -0.4 is 5.73 Å². The Hall–Kier alpha value is -0.0300. The van der Waals surface area contributed by atoms with E-state index < -0.39 is 0 Å². The highest BCUT2D eigenvalue weighted by atomic mass is 32.2. The Morgan fingerprint density at radius 3 is 2.80 bits per heavy atom. The molecule has 0 amide bonds. The topological polar surface area (TPSA) is 29.3 Å². The highest BCUT2D eigenvalue weighted by Crippen LogP contribution is 2.26. The maximum atomic E-state index is 6.06. The maximum Gasteiger partial charge on any atom is 0.0588 e. The van der Waals surface area contributed by atoms with Gasteiger partial charge in [0.2, 0.25) is 0 Å². The molecule has 0 aromatic carbocycles. The Bertz CT molecular complexity index is 260. The summed E-state index contributed by atoms with van der Waals surface area (Å²) < 4.78 is 0. The van der Waals surface area contributed by atoms with E-state index in [2.05, 4.69) is 42.6 Å². The standard InChI is InChI=1S/C11H20N2S2/c1-9(12)11(10-5-4-7-15-10)13(2)6-8-14-3/h4-5,7,9,11H,6,8,12H2,1-3H3. The predicted octanol–water partition coefficient (Wildman–Crippen LogP) is 2.43. The molecule has 2 unspecified atom stereocenters. The first-order chi connectivity index (χ1) is 7.16. The third-order valence-corrected chi connectivity index (χ3v) is 3.99. The number of hydrogen-bond donors (Lipinski definition) is 1. The van der Waals surface area contributed by atoms with Gasteiger partial charge in [0.25, 0.3) is 0 Å². The van der Waals surface area contributed by atoms with Crippen molar-refractivity contribution in [1.82, 2.24) is 4.90 Å². The first-order valence-corrected chi connectivity index (χ1v) is 7.42. The third-order valence-electron chi connectivity index (χ3n) is 2.46. The second-order valence-electron chi connectivity index (χ2n) is 3.79. The number of likely N-dealkylation sites (N-methyl/N-ethyl adjacent to an activating group) is 1. The fraction of sp³-hybridized carbons (Fsp3) is 0.636. The van der Waals surface area contributed by atoms with Gasteiger partial charge >= 0.3 is 0 Å². The van der Waals surface area contributed by atoms with Crippen LogP contribution in [0.1, 0.15) is 17.8 Å². The minimum atomic E-state index is 0.176. The van der Waals surface area contributed by atoms with Crippen LogP contribution in [-0.4, -0.2) is 36.5 Å². The molecule has 2 N–H and O–H groups in total. The number of rotatable bonds is 6. The first kappa shape index (κ1) is 13.0. The zero-order valence-corrected chi connectivity index (χ0v) is 11.3. The van der Waals surface area contributed by atoms with Crippen LogP contribution in [0.2, 0.25) is 0 Å². The van der Waals surface area contributed by atoms with Gasteiger partial charge in [-0.15, -0.1) is 11.3 Å². The van der Waals surface area contributed by atoms with Crippen LogP contribution in [0, 0.1) is 0 Å². The molecule has 0 aliphatic carbocycles. The average molecular weight is 244 g/mol. The smallest absolute Gasteiger partial charge is 0.0588 e. The molecule has 0 fully saturated rings.